The number of amides is 1. The summed E-state index contributed by atoms with van der Waals surface area (Å²) in [6, 6.07) is 9.83. The van der Waals surface area contributed by atoms with Gasteiger partial charge >= 0.3 is 12.1 Å². The molecule has 2 aromatic rings. The van der Waals surface area contributed by atoms with E-state index in [1.54, 1.807) is 26.8 Å². The van der Waals surface area contributed by atoms with Crippen LogP contribution in [0.25, 0.3) is 16.2 Å². The molecular weight excluding hydrogens is 314 g/mol. The predicted octanol–water partition coefficient (Wildman–Crippen LogP) is 3.94. The Bertz CT molecular complexity index is 722. The van der Waals surface area contributed by atoms with Crippen LogP contribution in [0.2, 0.25) is 0 Å². The van der Waals surface area contributed by atoms with Gasteiger partial charge in [0.25, 0.3) is 0 Å². The fourth-order valence-electron chi connectivity index (χ4n) is 1.89. The fraction of sp³-hybridized carbons (Fsp3) is 0.294. The van der Waals surface area contributed by atoms with Gasteiger partial charge < -0.3 is 9.47 Å². The van der Waals surface area contributed by atoms with Gasteiger partial charge in [0, 0.05) is 9.58 Å². The number of alkyl carbamates (subject to hydrolysis) is 1. The standard InChI is InChI=1S/C17H19NO4S/c1-17(2,3)22-16(20)18-13(15(19)21-4)10-12-9-11-7-5-6-8-14(11)23-12/h5-10H,1-4H3,(H,18,20)/b13-10+. The summed E-state index contributed by atoms with van der Waals surface area (Å²) < 4.78 is 11.0. The number of thiophene rings is 1. The van der Waals surface area contributed by atoms with Crippen molar-refractivity contribution in [2.45, 2.75) is 26.4 Å². The Kier molecular flexibility index (Phi) is 5.05. The normalized spacial score (nSPS) is 12.1. The molecule has 0 fully saturated rings. The number of fused-ring (bicyclic) bond motifs is 1. The highest BCUT2D eigenvalue weighted by Gasteiger charge is 2.20. The number of hydrogen-bond donors (Lipinski definition) is 1. The van der Waals surface area contributed by atoms with Crippen LogP contribution in [0, 0.1) is 0 Å². The zero-order chi connectivity index (χ0) is 17.0. The molecule has 0 spiro atoms. The predicted molar refractivity (Wildman–Crippen MR) is 91.2 cm³/mol. The van der Waals surface area contributed by atoms with E-state index in [9.17, 15) is 9.59 Å². The number of rotatable bonds is 3. The lowest BCUT2D eigenvalue weighted by Gasteiger charge is -2.20. The van der Waals surface area contributed by atoms with Crippen LogP contribution in [-0.2, 0) is 14.3 Å². The smallest absolute Gasteiger partial charge is 0.412 e. The third kappa shape index (κ3) is 4.82. The molecule has 0 radical (unpaired) electrons. The van der Waals surface area contributed by atoms with Crippen LogP contribution in [0.3, 0.4) is 0 Å². The molecule has 0 atom stereocenters. The first-order valence-electron chi connectivity index (χ1n) is 7.07. The molecule has 0 bridgehead atoms. The summed E-state index contributed by atoms with van der Waals surface area (Å²) in [5.74, 6) is -0.631. The largest absolute Gasteiger partial charge is 0.464 e. The van der Waals surface area contributed by atoms with Gasteiger partial charge in [-0.25, -0.2) is 9.59 Å². The highest BCUT2D eigenvalue weighted by molar-refractivity contribution is 7.19. The summed E-state index contributed by atoms with van der Waals surface area (Å²) in [7, 11) is 1.26. The molecule has 1 N–H and O–H groups in total. The van der Waals surface area contributed by atoms with Crippen LogP contribution in [-0.4, -0.2) is 24.8 Å². The number of hydrogen-bond acceptors (Lipinski definition) is 5. The van der Waals surface area contributed by atoms with Crippen LogP contribution in [0.5, 0.6) is 0 Å². The summed E-state index contributed by atoms with van der Waals surface area (Å²) in [4.78, 5) is 24.6. The van der Waals surface area contributed by atoms with E-state index in [-0.39, 0.29) is 5.70 Å². The lowest BCUT2D eigenvalue weighted by Crippen LogP contribution is -2.34. The monoisotopic (exact) mass is 333 g/mol. The number of benzene rings is 1. The van der Waals surface area contributed by atoms with Gasteiger partial charge in [0.15, 0.2) is 0 Å². The van der Waals surface area contributed by atoms with Crippen molar-refractivity contribution in [2.24, 2.45) is 0 Å². The van der Waals surface area contributed by atoms with E-state index < -0.39 is 17.7 Å². The quantitative estimate of drug-likeness (QED) is 0.682. The minimum absolute atomic E-state index is 0.0355. The Morgan fingerprint density at radius 3 is 2.52 bits per heavy atom. The Balaban J connectivity index is 2.27. The molecule has 0 saturated heterocycles. The van der Waals surface area contributed by atoms with Crippen LogP contribution in [0.1, 0.15) is 25.6 Å². The van der Waals surface area contributed by atoms with Crippen molar-refractivity contribution in [1.29, 1.82) is 0 Å². The molecule has 122 valence electrons. The van der Waals surface area contributed by atoms with Gasteiger partial charge in [-0.15, -0.1) is 11.3 Å². The molecule has 0 unspecified atom stereocenters. The highest BCUT2D eigenvalue weighted by Crippen LogP contribution is 2.26. The number of nitrogens with one attached hydrogen (secondary N) is 1. The van der Waals surface area contributed by atoms with Crippen LogP contribution in [0.15, 0.2) is 36.0 Å². The average Bonchev–Trinajstić information content (AvgIpc) is 2.86. The molecule has 2 rings (SSSR count). The van der Waals surface area contributed by atoms with Crippen molar-refractivity contribution in [1.82, 2.24) is 5.32 Å². The maximum Gasteiger partial charge on any atom is 0.412 e. The molecule has 0 saturated carbocycles. The zero-order valence-corrected chi connectivity index (χ0v) is 14.3. The second-order valence-electron chi connectivity index (χ2n) is 5.86. The third-order valence-electron chi connectivity index (χ3n) is 2.77. The number of carbonyl (C=O) groups excluding carboxylic acids is 2. The number of ether oxygens (including phenoxy) is 2. The zero-order valence-electron chi connectivity index (χ0n) is 13.5. The lowest BCUT2D eigenvalue weighted by molar-refractivity contribution is -0.136. The molecule has 0 aliphatic carbocycles. The molecule has 0 aliphatic heterocycles. The van der Waals surface area contributed by atoms with Gasteiger partial charge in [0.1, 0.15) is 11.3 Å². The molecule has 1 amide bonds. The molecule has 5 nitrogen and oxygen atoms in total. The van der Waals surface area contributed by atoms with Crippen molar-refractivity contribution < 1.29 is 19.1 Å². The Morgan fingerprint density at radius 1 is 1.22 bits per heavy atom. The summed E-state index contributed by atoms with van der Waals surface area (Å²) in [6.45, 7) is 5.25. The lowest BCUT2D eigenvalue weighted by atomic mass is 10.2. The van der Waals surface area contributed by atoms with Gasteiger partial charge in [-0.1, -0.05) is 18.2 Å². The Labute approximate surface area is 138 Å². The summed E-state index contributed by atoms with van der Waals surface area (Å²) in [6.07, 6.45) is 0.885. The average molecular weight is 333 g/mol. The second kappa shape index (κ2) is 6.83. The fourth-order valence-corrected chi connectivity index (χ4v) is 2.89. The minimum Gasteiger partial charge on any atom is -0.464 e. The molecule has 1 aromatic carbocycles. The molecule has 23 heavy (non-hydrogen) atoms. The van der Waals surface area contributed by atoms with Crippen molar-refractivity contribution in [3.05, 3.63) is 40.9 Å². The van der Waals surface area contributed by atoms with E-state index in [4.69, 9.17) is 9.47 Å². The van der Waals surface area contributed by atoms with E-state index in [0.717, 1.165) is 15.0 Å². The molecule has 0 aliphatic rings. The van der Waals surface area contributed by atoms with Crippen molar-refractivity contribution >= 4 is 39.6 Å². The SMILES string of the molecule is COC(=O)/C(=C\c1cc2ccccc2s1)NC(=O)OC(C)(C)C. The van der Waals surface area contributed by atoms with E-state index >= 15 is 0 Å². The first kappa shape index (κ1) is 17.0. The van der Waals surface area contributed by atoms with Gasteiger partial charge in [-0.2, -0.15) is 0 Å². The molecule has 1 aromatic heterocycles. The first-order chi connectivity index (χ1) is 10.8. The first-order valence-corrected chi connectivity index (χ1v) is 7.89. The van der Waals surface area contributed by atoms with E-state index in [2.05, 4.69) is 5.32 Å². The van der Waals surface area contributed by atoms with Gasteiger partial charge in [-0.3, -0.25) is 5.32 Å². The third-order valence-corrected chi connectivity index (χ3v) is 3.84. The highest BCUT2D eigenvalue weighted by atomic mass is 32.1. The number of carbonyl (C=O) groups is 2. The van der Waals surface area contributed by atoms with Crippen molar-refractivity contribution in [3.8, 4) is 0 Å². The maximum absolute atomic E-state index is 11.9. The van der Waals surface area contributed by atoms with Gasteiger partial charge in [0.05, 0.1) is 7.11 Å². The van der Waals surface area contributed by atoms with Crippen molar-refractivity contribution in [3.63, 3.8) is 0 Å². The van der Waals surface area contributed by atoms with Crippen LogP contribution in [0.4, 0.5) is 4.79 Å². The topological polar surface area (TPSA) is 64.6 Å². The van der Waals surface area contributed by atoms with E-state index in [0.29, 0.717) is 0 Å². The van der Waals surface area contributed by atoms with E-state index in [1.165, 1.54) is 18.4 Å². The maximum atomic E-state index is 11.9. The summed E-state index contributed by atoms with van der Waals surface area (Å²) >= 11 is 1.52. The Hall–Kier alpha value is -2.34. The number of esters is 1. The second-order valence-corrected chi connectivity index (χ2v) is 6.98. The Morgan fingerprint density at radius 2 is 1.91 bits per heavy atom. The van der Waals surface area contributed by atoms with Gasteiger partial charge in [0.2, 0.25) is 0 Å². The molecule has 1 heterocycles. The summed E-state index contributed by atoms with van der Waals surface area (Å²) in [5, 5.41) is 3.52. The number of methoxy groups -OCH3 is 1. The minimum atomic E-state index is -0.699. The molecule has 6 heteroatoms. The van der Waals surface area contributed by atoms with Crippen LogP contribution < -0.4 is 5.32 Å². The van der Waals surface area contributed by atoms with Gasteiger partial charge in [-0.05, 0) is 44.4 Å². The van der Waals surface area contributed by atoms with Crippen molar-refractivity contribution in [2.75, 3.05) is 7.11 Å². The van der Waals surface area contributed by atoms with E-state index in [1.807, 2.05) is 30.3 Å². The molecular formula is C17H19NO4S. The van der Waals surface area contributed by atoms with Crippen LogP contribution >= 0.6 is 11.3 Å². The summed E-state index contributed by atoms with van der Waals surface area (Å²) in [5.41, 5.74) is -0.614.